The Hall–Kier alpha value is -1.26. The van der Waals surface area contributed by atoms with E-state index in [1.807, 2.05) is 0 Å². The molecule has 1 aromatic carbocycles. The molecule has 0 amide bonds. The lowest BCUT2D eigenvalue weighted by atomic mass is 9.81. The van der Waals surface area contributed by atoms with Crippen molar-refractivity contribution in [2.75, 3.05) is 0 Å². The van der Waals surface area contributed by atoms with Gasteiger partial charge in [0.15, 0.2) is 0 Å². The van der Waals surface area contributed by atoms with Crippen LogP contribution in [0.5, 0.6) is 0 Å². The predicted octanol–water partition coefficient (Wildman–Crippen LogP) is 3.81. The first-order valence-electron chi connectivity index (χ1n) is 7.69. The van der Waals surface area contributed by atoms with Gasteiger partial charge in [0.2, 0.25) is 0 Å². The molecule has 0 N–H and O–H groups in total. The van der Waals surface area contributed by atoms with E-state index in [0.717, 1.165) is 12.7 Å². The van der Waals surface area contributed by atoms with Gasteiger partial charge < -0.3 is 13.9 Å². The molecule has 2 aromatic rings. The molecular formula is C17H24BNO2. The number of aryl methyl sites for hydroxylation is 2. The van der Waals surface area contributed by atoms with Crippen LogP contribution in [0.1, 0.15) is 33.3 Å². The minimum absolute atomic E-state index is 0.117. The molecule has 0 bridgehead atoms. The Morgan fingerprint density at radius 2 is 1.67 bits per heavy atom. The van der Waals surface area contributed by atoms with Crippen LogP contribution in [-0.4, -0.2) is 22.9 Å². The van der Waals surface area contributed by atoms with Crippen LogP contribution < -0.4 is 0 Å². The van der Waals surface area contributed by atoms with Crippen LogP contribution in [0.25, 0.3) is 10.9 Å². The van der Waals surface area contributed by atoms with Crippen LogP contribution >= 0.6 is 0 Å². The quantitative estimate of drug-likeness (QED) is 0.800. The molecule has 3 nitrogen and oxygen atoms in total. The molecule has 0 radical (unpaired) electrons. The third-order valence-corrected chi connectivity index (χ3v) is 4.93. The maximum atomic E-state index is 6.08. The number of para-hydroxylation sites is 1. The maximum absolute atomic E-state index is 6.08. The van der Waals surface area contributed by atoms with Crippen LogP contribution in [0.4, 0.5) is 0 Å². The molecule has 0 unspecified atom stereocenters. The summed E-state index contributed by atoms with van der Waals surface area (Å²) < 4.78 is 14.3. The van der Waals surface area contributed by atoms with Gasteiger partial charge in [-0.2, -0.15) is 0 Å². The fourth-order valence-corrected chi connectivity index (χ4v) is 2.98. The SMILES string of the molecule is Cn1cc(CCB2OC(C)(C)C(C)(C)O2)c2ccccc21. The highest BCUT2D eigenvalue weighted by Gasteiger charge is 2.50. The standard InChI is InChI=1S/C17H24BNO2/c1-16(2)17(3,4)21-18(20-16)11-10-13-12-19(5)15-9-7-6-8-14(13)15/h6-9,12H,10-11H2,1-5H3. The van der Waals surface area contributed by atoms with E-state index >= 15 is 0 Å². The third kappa shape index (κ3) is 2.51. The van der Waals surface area contributed by atoms with Gasteiger partial charge >= 0.3 is 7.12 Å². The normalized spacial score (nSPS) is 20.3. The van der Waals surface area contributed by atoms with Crippen molar-refractivity contribution in [2.24, 2.45) is 7.05 Å². The summed E-state index contributed by atoms with van der Waals surface area (Å²) in [5.41, 5.74) is 2.16. The summed E-state index contributed by atoms with van der Waals surface area (Å²) in [6.45, 7) is 8.41. The van der Waals surface area contributed by atoms with Crippen molar-refractivity contribution in [3.05, 3.63) is 36.0 Å². The van der Waals surface area contributed by atoms with Crippen molar-refractivity contribution in [2.45, 2.75) is 51.6 Å². The largest absolute Gasteiger partial charge is 0.458 e. The van der Waals surface area contributed by atoms with Gasteiger partial charge in [0.05, 0.1) is 11.2 Å². The van der Waals surface area contributed by atoms with Crippen molar-refractivity contribution in [1.82, 2.24) is 4.57 Å². The molecule has 1 aromatic heterocycles. The summed E-state index contributed by atoms with van der Waals surface area (Å²) >= 11 is 0. The average molecular weight is 285 g/mol. The van der Waals surface area contributed by atoms with Crippen molar-refractivity contribution in [3.63, 3.8) is 0 Å². The first-order valence-corrected chi connectivity index (χ1v) is 7.69. The summed E-state index contributed by atoms with van der Waals surface area (Å²) in [5, 5.41) is 1.33. The summed E-state index contributed by atoms with van der Waals surface area (Å²) in [6, 6.07) is 8.53. The van der Waals surface area contributed by atoms with E-state index in [1.54, 1.807) is 0 Å². The third-order valence-electron chi connectivity index (χ3n) is 4.93. The Morgan fingerprint density at radius 1 is 1.05 bits per heavy atom. The highest BCUT2D eigenvalue weighted by molar-refractivity contribution is 6.45. The Bertz CT molecular complexity index is 644. The van der Waals surface area contributed by atoms with Gasteiger partial charge in [-0.3, -0.25) is 0 Å². The number of hydrogen-bond donors (Lipinski definition) is 0. The monoisotopic (exact) mass is 285 g/mol. The lowest BCUT2D eigenvalue weighted by Gasteiger charge is -2.32. The number of aromatic nitrogens is 1. The van der Waals surface area contributed by atoms with Gasteiger partial charge in [0.1, 0.15) is 0 Å². The molecule has 0 spiro atoms. The molecule has 112 valence electrons. The van der Waals surface area contributed by atoms with Gasteiger partial charge in [-0.15, -0.1) is 0 Å². The number of hydrogen-bond acceptors (Lipinski definition) is 2. The molecule has 1 aliphatic rings. The van der Waals surface area contributed by atoms with Gasteiger partial charge in [-0.1, -0.05) is 18.2 Å². The van der Waals surface area contributed by atoms with E-state index in [1.165, 1.54) is 16.5 Å². The molecule has 1 aliphatic heterocycles. The van der Waals surface area contributed by atoms with Gasteiger partial charge in [0, 0.05) is 24.1 Å². The van der Waals surface area contributed by atoms with E-state index in [9.17, 15) is 0 Å². The van der Waals surface area contributed by atoms with E-state index < -0.39 is 0 Å². The molecule has 4 heteroatoms. The van der Waals surface area contributed by atoms with Crippen molar-refractivity contribution < 1.29 is 9.31 Å². The summed E-state index contributed by atoms with van der Waals surface area (Å²) in [6.07, 6.45) is 4.08. The highest BCUT2D eigenvalue weighted by Crippen LogP contribution is 2.38. The molecule has 0 saturated carbocycles. The fraction of sp³-hybridized carbons (Fsp3) is 0.529. The van der Waals surface area contributed by atoms with Crippen molar-refractivity contribution in [1.29, 1.82) is 0 Å². The maximum Gasteiger partial charge on any atom is 0.458 e. The molecule has 3 rings (SSSR count). The van der Waals surface area contributed by atoms with Crippen LogP contribution in [0.15, 0.2) is 30.5 Å². The second-order valence-electron chi connectivity index (χ2n) is 7.01. The molecule has 0 atom stereocenters. The second-order valence-corrected chi connectivity index (χ2v) is 7.01. The summed E-state index contributed by atoms with van der Waals surface area (Å²) in [7, 11) is 1.98. The molecule has 0 aliphatic carbocycles. The van der Waals surface area contributed by atoms with Gasteiger partial charge in [0.25, 0.3) is 0 Å². The Morgan fingerprint density at radius 3 is 2.33 bits per heavy atom. The van der Waals surface area contributed by atoms with Gasteiger partial charge in [-0.25, -0.2) is 0 Å². The minimum atomic E-state index is -0.240. The number of fused-ring (bicyclic) bond motifs is 1. The second kappa shape index (κ2) is 4.89. The number of rotatable bonds is 3. The Labute approximate surface area is 127 Å². The zero-order valence-corrected chi connectivity index (χ0v) is 13.6. The van der Waals surface area contributed by atoms with E-state index in [2.05, 4.69) is 69.8 Å². The zero-order chi connectivity index (χ0) is 15.3. The van der Waals surface area contributed by atoms with E-state index in [0.29, 0.717) is 0 Å². The molecule has 1 saturated heterocycles. The first kappa shape index (κ1) is 14.7. The van der Waals surface area contributed by atoms with E-state index in [4.69, 9.17) is 9.31 Å². The highest BCUT2D eigenvalue weighted by atomic mass is 16.7. The van der Waals surface area contributed by atoms with Crippen molar-refractivity contribution >= 4 is 18.0 Å². The molecule has 2 heterocycles. The van der Waals surface area contributed by atoms with Crippen LogP contribution in [0.2, 0.25) is 6.32 Å². The lowest BCUT2D eigenvalue weighted by molar-refractivity contribution is 0.00578. The topological polar surface area (TPSA) is 23.4 Å². The first-order chi connectivity index (χ1) is 9.80. The van der Waals surface area contributed by atoms with Crippen LogP contribution in [-0.2, 0) is 22.8 Å². The van der Waals surface area contributed by atoms with Crippen LogP contribution in [0.3, 0.4) is 0 Å². The molecule has 21 heavy (non-hydrogen) atoms. The smallest absolute Gasteiger partial charge is 0.403 e. The Kier molecular flexibility index (Phi) is 3.42. The summed E-state index contributed by atoms with van der Waals surface area (Å²) in [5.74, 6) is 0. The average Bonchev–Trinajstić information content (AvgIpc) is 2.82. The van der Waals surface area contributed by atoms with Gasteiger partial charge in [-0.05, 0) is 52.1 Å². The van der Waals surface area contributed by atoms with E-state index in [-0.39, 0.29) is 18.3 Å². The predicted molar refractivity (Wildman–Crippen MR) is 87.5 cm³/mol. The lowest BCUT2D eigenvalue weighted by Crippen LogP contribution is -2.41. The molecular weight excluding hydrogens is 261 g/mol. The van der Waals surface area contributed by atoms with Crippen LogP contribution in [0, 0.1) is 0 Å². The minimum Gasteiger partial charge on any atom is -0.403 e. The number of benzene rings is 1. The number of nitrogens with zero attached hydrogens (tertiary/aromatic N) is 1. The van der Waals surface area contributed by atoms with Crippen molar-refractivity contribution in [3.8, 4) is 0 Å². The fourth-order valence-electron chi connectivity index (χ4n) is 2.98. The summed E-state index contributed by atoms with van der Waals surface area (Å²) in [4.78, 5) is 0. The Balaban J connectivity index is 1.74. The zero-order valence-electron chi connectivity index (χ0n) is 13.6. The molecule has 1 fully saturated rings.